The Morgan fingerprint density at radius 1 is 1.29 bits per heavy atom. The zero-order valence-corrected chi connectivity index (χ0v) is 12.4. The van der Waals surface area contributed by atoms with Gasteiger partial charge < -0.3 is 9.47 Å². The molecule has 0 spiro atoms. The van der Waals surface area contributed by atoms with E-state index in [1.54, 1.807) is 0 Å². The molecule has 1 heterocycles. The van der Waals surface area contributed by atoms with Crippen LogP contribution in [0.3, 0.4) is 0 Å². The van der Waals surface area contributed by atoms with Crippen molar-refractivity contribution in [1.29, 1.82) is 0 Å². The van der Waals surface area contributed by atoms with E-state index in [9.17, 15) is 4.79 Å². The van der Waals surface area contributed by atoms with Crippen molar-refractivity contribution in [3.63, 3.8) is 0 Å². The van der Waals surface area contributed by atoms with E-state index >= 15 is 0 Å². The van der Waals surface area contributed by atoms with E-state index in [-0.39, 0.29) is 11.9 Å². The van der Waals surface area contributed by atoms with E-state index < -0.39 is 0 Å². The number of aryl methyl sites for hydroxylation is 1. The maximum Gasteiger partial charge on any atom is 0.313 e. The third kappa shape index (κ3) is 3.63. The molecule has 21 heavy (non-hydrogen) atoms. The molecule has 4 nitrogen and oxygen atoms in total. The van der Waals surface area contributed by atoms with Gasteiger partial charge in [-0.3, -0.25) is 9.69 Å². The average molecular weight is 289 g/mol. The van der Waals surface area contributed by atoms with Crippen LogP contribution in [-0.4, -0.2) is 50.3 Å². The summed E-state index contributed by atoms with van der Waals surface area (Å²) in [6.45, 7) is 4.72. The average Bonchev–Trinajstić information content (AvgIpc) is 2.55. The van der Waals surface area contributed by atoms with Crippen molar-refractivity contribution in [3.8, 4) is 0 Å². The largest absolute Gasteiger partial charge is 0.464 e. The van der Waals surface area contributed by atoms with Crippen molar-refractivity contribution in [3.05, 3.63) is 35.4 Å². The molecule has 0 N–H and O–H groups in total. The minimum atomic E-state index is -0.0698. The molecule has 4 heteroatoms. The number of rotatable bonds is 4. The molecule has 1 fully saturated rings. The number of esters is 1. The van der Waals surface area contributed by atoms with Gasteiger partial charge in [-0.05, 0) is 30.4 Å². The number of carbonyl (C=O) groups excluding carboxylic acids is 1. The molecule has 0 aromatic heterocycles. The lowest BCUT2D eigenvalue weighted by atomic mass is 9.83. The summed E-state index contributed by atoms with van der Waals surface area (Å²) in [5, 5.41) is 0. The van der Waals surface area contributed by atoms with Crippen LogP contribution in [0.25, 0.3) is 0 Å². The zero-order valence-electron chi connectivity index (χ0n) is 12.4. The lowest BCUT2D eigenvalue weighted by Gasteiger charge is -2.27. The van der Waals surface area contributed by atoms with Crippen LogP contribution in [0.5, 0.6) is 0 Å². The molecule has 0 radical (unpaired) electrons. The Hall–Kier alpha value is -1.39. The standard InChI is InChI=1S/C17H23NO3/c19-17(21-13-10-18-8-11-20-12-9-18)16-7-3-5-14-4-1-2-6-15(14)16/h1-2,4,6,16H,3,5,7-13H2. The Bertz CT molecular complexity index is 483. The van der Waals surface area contributed by atoms with Gasteiger partial charge in [0.1, 0.15) is 6.61 Å². The van der Waals surface area contributed by atoms with Gasteiger partial charge in [-0.15, -0.1) is 0 Å². The van der Waals surface area contributed by atoms with Gasteiger partial charge in [-0.1, -0.05) is 24.3 Å². The van der Waals surface area contributed by atoms with Crippen molar-refractivity contribution in [1.82, 2.24) is 4.90 Å². The highest BCUT2D eigenvalue weighted by Crippen LogP contribution is 2.32. The van der Waals surface area contributed by atoms with Gasteiger partial charge in [0.2, 0.25) is 0 Å². The number of ether oxygens (including phenoxy) is 2. The number of hydrogen-bond acceptors (Lipinski definition) is 4. The van der Waals surface area contributed by atoms with Gasteiger partial charge in [0.15, 0.2) is 0 Å². The third-order valence-corrected chi connectivity index (χ3v) is 4.41. The van der Waals surface area contributed by atoms with E-state index in [0.717, 1.165) is 52.1 Å². The molecule has 2 aliphatic rings. The first-order valence-corrected chi connectivity index (χ1v) is 7.89. The molecule has 3 rings (SSSR count). The predicted molar refractivity (Wildman–Crippen MR) is 80.3 cm³/mol. The number of benzene rings is 1. The van der Waals surface area contributed by atoms with E-state index in [0.29, 0.717) is 6.61 Å². The van der Waals surface area contributed by atoms with E-state index in [1.807, 2.05) is 12.1 Å². The molecule has 1 aromatic rings. The van der Waals surface area contributed by atoms with Crippen LogP contribution in [-0.2, 0) is 20.7 Å². The van der Waals surface area contributed by atoms with Crippen molar-refractivity contribution in [2.45, 2.75) is 25.2 Å². The summed E-state index contributed by atoms with van der Waals surface area (Å²) in [5.41, 5.74) is 2.47. The fourth-order valence-electron chi connectivity index (χ4n) is 3.20. The van der Waals surface area contributed by atoms with Crippen LogP contribution in [0, 0.1) is 0 Å². The molecule has 0 amide bonds. The van der Waals surface area contributed by atoms with Crippen molar-refractivity contribution in [2.24, 2.45) is 0 Å². The molecule has 0 saturated carbocycles. The highest BCUT2D eigenvalue weighted by molar-refractivity contribution is 5.79. The fraction of sp³-hybridized carbons (Fsp3) is 0.588. The van der Waals surface area contributed by atoms with Gasteiger partial charge in [0.25, 0.3) is 0 Å². The Labute approximate surface area is 126 Å². The van der Waals surface area contributed by atoms with Gasteiger partial charge in [-0.2, -0.15) is 0 Å². The van der Waals surface area contributed by atoms with Crippen LogP contribution < -0.4 is 0 Å². The van der Waals surface area contributed by atoms with Crippen molar-refractivity contribution < 1.29 is 14.3 Å². The van der Waals surface area contributed by atoms with Crippen LogP contribution in [0.4, 0.5) is 0 Å². The van der Waals surface area contributed by atoms with E-state index in [2.05, 4.69) is 17.0 Å². The van der Waals surface area contributed by atoms with Crippen LogP contribution in [0.2, 0.25) is 0 Å². The second-order valence-corrected chi connectivity index (χ2v) is 5.77. The zero-order chi connectivity index (χ0) is 14.5. The lowest BCUT2D eigenvalue weighted by Crippen LogP contribution is -2.38. The number of morpholine rings is 1. The molecule has 1 aliphatic carbocycles. The Kier molecular flexibility index (Phi) is 4.88. The summed E-state index contributed by atoms with van der Waals surface area (Å²) in [5.74, 6) is -0.130. The minimum Gasteiger partial charge on any atom is -0.464 e. The quantitative estimate of drug-likeness (QED) is 0.795. The van der Waals surface area contributed by atoms with E-state index in [4.69, 9.17) is 9.47 Å². The predicted octanol–water partition coefficient (Wildman–Crippen LogP) is 1.98. The lowest BCUT2D eigenvalue weighted by molar-refractivity contribution is -0.146. The fourth-order valence-corrected chi connectivity index (χ4v) is 3.20. The maximum absolute atomic E-state index is 12.3. The summed E-state index contributed by atoms with van der Waals surface area (Å²) in [6, 6.07) is 8.26. The molecular formula is C17H23NO3. The minimum absolute atomic E-state index is 0.0598. The summed E-state index contributed by atoms with van der Waals surface area (Å²) in [4.78, 5) is 14.6. The Balaban J connectivity index is 1.51. The molecular weight excluding hydrogens is 266 g/mol. The first-order valence-electron chi connectivity index (χ1n) is 7.89. The monoisotopic (exact) mass is 289 g/mol. The van der Waals surface area contributed by atoms with Gasteiger partial charge in [0, 0.05) is 19.6 Å². The van der Waals surface area contributed by atoms with Crippen molar-refractivity contribution >= 4 is 5.97 Å². The van der Waals surface area contributed by atoms with Gasteiger partial charge in [0.05, 0.1) is 19.1 Å². The topological polar surface area (TPSA) is 38.8 Å². The van der Waals surface area contributed by atoms with Gasteiger partial charge in [-0.25, -0.2) is 0 Å². The third-order valence-electron chi connectivity index (χ3n) is 4.41. The molecule has 1 atom stereocenters. The molecule has 1 aromatic carbocycles. The summed E-state index contributed by atoms with van der Waals surface area (Å²) >= 11 is 0. The highest BCUT2D eigenvalue weighted by atomic mass is 16.5. The first kappa shape index (κ1) is 14.5. The molecule has 114 valence electrons. The second kappa shape index (κ2) is 7.05. The molecule has 1 unspecified atom stereocenters. The first-order chi connectivity index (χ1) is 10.3. The maximum atomic E-state index is 12.3. The number of hydrogen-bond donors (Lipinski definition) is 0. The second-order valence-electron chi connectivity index (χ2n) is 5.77. The number of carbonyl (C=O) groups is 1. The number of nitrogens with zero attached hydrogens (tertiary/aromatic N) is 1. The van der Waals surface area contributed by atoms with Crippen LogP contribution in [0.15, 0.2) is 24.3 Å². The Morgan fingerprint density at radius 2 is 2.10 bits per heavy atom. The summed E-state index contributed by atoms with van der Waals surface area (Å²) < 4.78 is 10.8. The van der Waals surface area contributed by atoms with Gasteiger partial charge >= 0.3 is 5.97 Å². The normalized spacial score (nSPS) is 22.6. The number of fused-ring (bicyclic) bond motifs is 1. The van der Waals surface area contributed by atoms with Crippen LogP contribution >= 0.6 is 0 Å². The van der Waals surface area contributed by atoms with Crippen LogP contribution in [0.1, 0.15) is 29.9 Å². The summed E-state index contributed by atoms with van der Waals surface area (Å²) in [6.07, 6.45) is 3.06. The Morgan fingerprint density at radius 3 is 2.95 bits per heavy atom. The van der Waals surface area contributed by atoms with Crippen molar-refractivity contribution in [2.75, 3.05) is 39.5 Å². The SMILES string of the molecule is O=C(OCCN1CCOCC1)C1CCCc2ccccc21. The molecule has 1 aliphatic heterocycles. The highest BCUT2D eigenvalue weighted by Gasteiger charge is 2.27. The smallest absolute Gasteiger partial charge is 0.313 e. The molecule has 1 saturated heterocycles. The molecule has 0 bridgehead atoms. The summed E-state index contributed by atoms with van der Waals surface area (Å²) in [7, 11) is 0. The van der Waals surface area contributed by atoms with E-state index in [1.165, 1.54) is 11.1 Å².